The quantitative estimate of drug-likeness (QED) is 0.746. The van der Waals surface area contributed by atoms with E-state index < -0.39 is 0 Å². The smallest absolute Gasteiger partial charge is 0.123 e. The van der Waals surface area contributed by atoms with Gasteiger partial charge < -0.3 is 4.74 Å². The van der Waals surface area contributed by atoms with Gasteiger partial charge in [-0.15, -0.1) is 0 Å². The summed E-state index contributed by atoms with van der Waals surface area (Å²) >= 11 is 0. The molecule has 0 fully saturated rings. The number of nitrogens with zero attached hydrogens (tertiary/aromatic N) is 1. The number of nitriles is 1. The van der Waals surface area contributed by atoms with Gasteiger partial charge in [0.25, 0.3) is 0 Å². The highest BCUT2D eigenvalue weighted by Crippen LogP contribution is 2.19. The van der Waals surface area contributed by atoms with Crippen LogP contribution in [-0.2, 0) is 11.3 Å². The van der Waals surface area contributed by atoms with Gasteiger partial charge in [-0.05, 0) is 35.6 Å². The summed E-state index contributed by atoms with van der Waals surface area (Å²) in [6.07, 6.45) is 0.935. The van der Waals surface area contributed by atoms with Gasteiger partial charge in [-0.2, -0.15) is 5.26 Å². The van der Waals surface area contributed by atoms with Crippen molar-refractivity contribution in [3.05, 3.63) is 35.1 Å². The van der Waals surface area contributed by atoms with E-state index in [4.69, 9.17) is 10.00 Å². The van der Waals surface area contributed by atoms with Crippen LogP contribution in [0.5, 0.6) is 0 Å². The van der Waals surface area contributed by atoms with Crippen molar-refractivity contribution in [3.8, 4) is 6.07 Å². The van der Waals surface area contributed by atoms with Crippen LogP contribution in [0.1, 0.15) is 38.3 Å². The van der Waals surface area contributed by atoms with E-state index >= 15 is 0 Å². The second kappa shape index (κ2) is 5.79. The summed E-state index contributed by atoms with van der Waals surface area (Å²) in [7, 11) is 0. The zero-order valence-corrected chi connectivity index (χ0v) is 10.6. The van der Waals surface area contributed by atoms with Crippen molar-refractivity contribution in [1.82, 2.24) is 0 Å². The fraction of sp³-hybridized carbons (Fsp3) is 0.500. The van der Waals surface area contributed by atoms with Crippen LogP contribution < -0.4 is 0 Å². The second-order valence-electron chi connectivity index (χ2n) is 5.28. The second-order valence-corrected chi connectivity index (χ2v) is 5.28. The molecule has 17 heavy (non-hydrogen) atoms. The van der Waals surface area contributed by atoms with Crippen LogP contribution in [0.25, 0.3) is 0 Å². The first-order valence-corrected chi connectivity index (χ1v) is 5.69. The van der Waals surface area contributed by atoms with Crippen LogP contribution in [0.2, 0.25) is 0 Å². The van der Waals surface area contributed by atoms with Crippen molar-refractivity contribution in [2.75, 3.05) is 6.61 Å². The predicted molar refractivity (Wildman–Crippen MR) is 64.8 cm³/mol. The number of hydrogen-bond donors (Lipinski definition) is 0. The Balaban J connectivity index is 2.52. The van der Waals surface area contributed by atoms with Gasteiger partial charge in [0.15, 0.2) is 0 Å². The molecule has 0 heterocycles. The summed E-state index contributed by atoms with van der Waals surface area (Å²) in [5.74, 6) is -0.335. The van der Waals surface area contributed by atoms with E-state index in [0.29, 0.717) is 17.7 Å². The third kappa shape index (κ3) is 4.97. The Kier molecular flexibility index (Phi) is 4.65. The first-order valence-electron chi connectivity index (χ1n) is 5.69. The molecule has 1 rings (SSSR count). The van der Waals surface area contributed by atoms with Gasteiger partial charge in [-0.1, -0.05) is 20.8 Å². The molecule has 0 bridgehead atoms. The van der Waals surface area contributed by atoms with Crippen LogP contribution in [0, 0.1) is 22.6 Å². The highest BCUT2D eigenvalue weighted by atomic mass is 19.1. The van der Waals surface area contributed by atoms with Gasteiger partial charge in [0.1, 0.15) is 5.82 Å². The van der Waals surface area contributed by atoms with E-state index in [9.17, 15) is 4.39 Å². The van der Waals surface area contributed by atoms with Gasteiger partial charge in [0.05, 0.1) is 18.2 Å². The molecule has 1 aromatic carbocycles. The molecule has 0 saturated carbocycles. The van der Waals surface area contributed by atoms with Crippen molar-refractivity contribution in [1.29, 1.82) is 5.26 Å². The molecule has 0 aliphatic carbocycles. The molecule has 0 amide bonds. The Hall–Kier alpha value is -1.40. The van der Waals surface area contributed by atoms with Crippen molar-refractivity contribution >= 4 is 0 Å². The molecule has 1 aromatic rings. The Labute approximate surface area is 102 Å². The molecular formula is C14H18FNO. The third-order valence-corrected chi connectivity index (χ3v) is 2.44. The molecule has 0 aliphatic rings. The SMILES string of the molecule is CC(C)(C)CCOCc1cc(F)ccc1C#N. The zero-order valence-electron chi connectivity index (χ0n) is 10.6. The predicted octanol–water partition coefficient (Wildman–Crippen LogP) is 3.65. The first kappa shape index (κ1) is 13.7. The highest BCUT2D eigenvalue weighted by molar-refractivity contribution is 5.37. The summed E-state index contributed by atoms with van der Waals surface area (Å²) in [5, 5.41) is 8.87. The molecule has 0 aromatic heterocycles. The molecule has 0 radical (unpaired) electrons. The molecular weight excluding hydrogens is 217 g/mol. The van der Waals surface area contributed by atoms with Crippen LogP contribution in [0.15, 0.2) is 18.2 Å². The van der Waals surface area contributed by atoms with E-state index in [1.807, 2.05) is 6.07 Å². The summed E-state index contributed by atoms with van der Waals surface area (Å²) < 4.78 is 18.5. The minimum Gasteiger partial charge on any atom is -0.377 e. The Morgan fingerprint density at radius 1 is 1.35 bits per heavy atom. The fourth-order valence-corrected chi connectivity index (χ4v) is 1.35. The van der Waals surface area contributed by atoms with Crippen LogP contribution in [-0.4, -0.2) is 6.61 Å². The molecule has 92 valence electrons. The van der Waals surface area contributed by atoms with Gasteiger partial charge in [-0.25, -0.2) is 4.39 Å². The summed E-state index contributed by atoms with van der Waals surface area (Å²) in [6, 6.07) is 6.16. The standard InChI is InChI=1S/C14H18FNO/c1-14(2,3)6-7-17-10-12-8-13(15)5-4-11(12)9-16/h4-5,8H,6-7,10H2,1-3H3. The van der Waals surface area contributed by atoms with Crippen LogP contribution in [0.4, 0.5) is 4.39 Å². The maximum atomic E-state index is 13.0. The van der Waals surface area contributed by atoms with E-state index in [2.05, 4.69) is 20.8 Å². The Bertz CT molecular complexity index is 415. The normalized spacial score (nSPS) is 11.2. The van der Waals surface area contributed by atoms with Crippen LogP contribution in [0.3, 0.4) is 0 Å². The molecule has 0 spiro atoms. The monoisotopic (exact) mass is 235 g/mol. The summed E-state index contributed by atoms with van der Waals surface area (Å²) in [4.78, 5) is 0. The lowest BCUT2D eigenvalue weighted by Crippen LogP contribution is -2.09. The number of rotatable bonds is 4. The highest BCUT2D eigenvalue weighted by Gasteiger charge is 2.10. The number of halogens is 1. The number of ether oxygens (including phenoxy) is 1. The van der Waals surface area contributed by atoms with E-state index in [1.165, 1.54) is 18.2 Å². The molecule has 3 heteroatoms. The number of benzene rings is 1. The zero-order chi connectivity index (χ0) is 12.9. The lowest BCUT2D eigenvalue weighted by molar-refractivity contribution is 0.0959. The minimum absolute atomic E-state index is 0.222. The molecule has 0 unspecified atom stereocenters. The lowest BCUT2D eigenvalue weighted by Gasteiger charge is -2.17. The lowest BCUT2D eigenvalue weighted by atomic mass is 9.93. The molecule has 0 N–H and O–H groups in total. The Morgan fingerprint density at radius 3 is 2.65 bits per heavy atom. The maximum absolute atomic E-state index is 13.0. The molecule has 2 nitrogen and oxygen atoms in total. The minimum atomic E-state index is -0.335. The van der Waals surface area contributed by atoms with E-state index in [0.717, 1.165) is 6.42 Å². The Morgan fingerprint density at radius 2 is 2.06 bits per heavy atom. The number of hydrogen-bond acceptors (Lipinski definition) is 2. The summed E-state index contributed by atoms with van der Waals surface area (Å²) in [6.45, 7) is 7.32. The fourth-order valence-electron chi connectivity index (χ4n) is 1.35. The van der Waals surface area contributed by atoms with Crippen molar-refractivity contribution in [3.63, 3.8) is 0 Å². The van der Waals surface area contributed by atoms with Gasteiger partial charge in [0, 0.05) is 6.61 Å². The van der Waals surface area contributed by atoms with Gasteiger partial charge >= 0.3 is 0 Å². The van der Waals surface area contributed by atoms with E-state index in [-0.39, 0.29) is 17.8 Å². The van der Waals surface area contributed by atoms with E-state index in [1.54, 1.807) is 0 Å². The molecule has 0 atom stereocenters. The van der Waals surface area contributed by atoms with Crippen LogP contribution >= 0.6 is 0 Å². The van der Waals surface area contributed by atoms with Crippen molar-refractivity contribution < 1.29 is 9.13 Å². The average molecular weight is 235 g/mol. The maximum Gasteiger partial charge on any atom is 0.123 e. The van der Waals surface area contributed by atoms with Crippen molar-refractivity contribution in [2.24, 2.45) is 5.41 Å². The third-order valence-electron chi connectivity index (χ3n) is 2.44. The average Bonchev–Trinajstić information content (AvgIpc) is 2.23. The van der Waals surface area contributed by atoms with Crippen molar-refractivity contribution in [2.45, 2.75) is 33.8 Å². The summed E-state index contributed by atoms with van der Waals surface area (Å²) in [5.41, 5.74) is 1.31. The molecule has 0 saturated heterocycles. The molecule has 0 aliphatic heterocycles. The first-order chi connectivity index (χ1) is 7.92. The topological polar surface area (TPSA) is 33.0 Å². The largest absolute Gasteiger partial charge is 0.377 e. The van der Waals surface area contributed by atoms with Gasteiger partial charge in [-0.3, -0.25) is 0 Å². The van der Waals surface area contributed by atoms with Gasteiger partial charge in [0.2, 0.25) is 0 Å².